The molecule has 0 aromatic heterocycles. The third kappa shape index (κ3) is 2.64. The number of hydrogen-bond donors (Lipinski definition) is 1. The zero-order valence-electron chi connectivity index (χ0n) is 9.20. The van der Waals surface area contributed by atoms with Gasteiger partial charge >= 0.3 is 5.97 Å². The Kier molecular flexibility index (Phi) is 4.24. The van der Waals surface area contributed by atoms with E-state index in [4.69, 9.17) is 5.26 Å². The molecule has 0 aliphatic carbocycles. The van der Waals surface area contributed by atoms with Gasteiger partial charge in [0.25, 0.3) is 0 Å². The number of rotatable bonds is 4. The van der Waals surface area contributed by atoms with E-state index in [0.717, 1.165) is 0 Å². The number of nitriles is 1. The SMILES string of the molecule is CC(CCC#N)(C(=O)O)c1c(F)cccc1Br. The molecule has 0 saturated heterocycles. The van der Waals surface area contributed by atoms with Gasteiger partial charge in [0, 0.05) is 16.5 Å². The molecule has 0 saturated carbocycles. The summed E-state index contributed by atoms with van der Waals surface area (Å²) in [5, 5.41) is 17.8. The second kappa shape index (κ2) is 5.28. The van der Waals surface area contributed by atoms with Crippen LogP contribution in [-0.4, -0.2) is 11.1 Å². The lowest BCUT2D eigenvalue weighted by atomic mass is 9.78. The standard InChI is InChI=1S/C12H11BrFNO2/c1-12(11(16)17,6-3-7-15)10-8(13)4-2-5-9(10)14/h2,4-5H,3,6H2,1H3,(H,16,17). The van der Waals surface area contributed by atoms with Crippen molar-refractivity contribution in [3.8, 4) is 6.07 Å². The minimum Gasteiger partial charge on any atom is -0.481 e. The number of hydrogen-bond acceptors (Lipinski definition) is 2. The summed E-state index contributed by atoms with van der Waals surface area (Å²) in [5.41, 5.74) is -1.32. The van der Waals surface area contributed by atoms with Crippen LogP contribution >= 0.6 is 15.9 Å². The quantitative estimate of drug-likeness (QED) is 0.928. The molecule has 1 atom stereocenters. The molecule has 0 fully saturated rings. The molecule has 0 spiro atoms. The first-order valence-corrected chi connectivity index (χ1v) is 5.77. The number of benzene rings is 1. The second-order valence-electron chi connectivity index (χ2n) is 3.89. The van der Waals surface area contributed by atoms with Gasteiger partial charge in [-0.2, -0.15) is 5.26 Å². The predicted molar refractivity (Wildman–Crippen MR) is 63.9 cm³/mol. The molecule has 1 aromatic carbocycles. The molecule has 1 unspecified atom stereocenters. The van der Waals surface area contributed by atoms with Crippen molar-refractivity contribution < 1.29 is 14.3 Å². The van der Waals surface area contributed by atoms with Crippen LogP contribution in [0.3, 0.4) is 0 Å². The molecule has 90 valence electrons. The van der Waals surface area contributed by atoms with Crippen LogP contribution in [0.15, 0.2) is 22.7 Å². The topological polar surface area (TPSA) is 61.1 Å². The molecular formula is C12H11BrFNO2. The summed E-state index contributed by atoms with van der Waals surface area (Å²) in [4.78, 5) is 11.3. The lowest BCUT2D eigenvalue weighted by molar-refractivity contribution is -0.143. The van der Waals surface area contributed by atoms with Crippen molar-refractivity contribution in [3.05, 3.63) is 34.1 Å². The van der Waals surface area contributed by atoms with Crippen molar-refractivity contribution in [2.24, 2.45) is 0 Å². The molecule has 0 radical (unpaired) electrons. The normalized spacial score (nSPS) is 13.8. The van der Waals surface area contributed by atoms with Gasteiger partial charge in [0.2, 0.25) is 0 Å². The van der Waals surface area contributed by atoms with Crippen LogP contribution in [0.5, 0.6) is 0 Å². The Morgan fingerprint density at radius 2 is 2.29 bits per heavy atom. The summed E-state index contributed by atoms with van der Waals surface area (Å²) in [6.07, 6.45) is 0.127. The minimum absolute atomic E-state index is 0.0591. The number of carboxylic acids is 1. The van der Waals surface area contributed by atoms with E-state index in [1.165, 1.54) is 19.1 Å². The van der Waals surface area contributed by atoms with E-state index in [1.54, 1.807) is 6.07 Å². The van der Waals surface area contributed by atoms with E-state index in [2.05, 4.69) is 15.9 Å². The van der Waals surface area contributed by atoms with E-state index in [9.17, 15) is 14.3 Å². The molecule has 17 heavy (non-hydrogen) atoms. The molecular weight excluding hydrogens is 289 g/mol. The summed E-state index contributed by atoms with van der Waals surface area (Å²) in [6.45, 7) is 1.43. The van der Waals surface area contributed by atoms with E-state index >= 15 is 0 Å². The number of carbonyl (C=O) groups is 1. The fourth-order valence-corrected chi connectivity index (χ4v) is 2.45. The van der Waals surface area contributed by atoms with Crippen molar-refractivity contribution in [2.45, 2.75) is 25.2 Å². The summed E-state index contributed by atoms with van der Waals surface area (Å²) in [7, 11) is 0. The van der Waals surface area contributed by atoms with E-state index < -0.39 is 17.2 Å². The Morgan fingerprint density at radius 3 is 2.76 bits per heavy atom. The number of halogens is 2. The van der Waals surface area contributed by atoms with Crippen LogP contribution in [0.4, 0.5) is 4.39 Å². The van der Waals surface area contributed by atoms with Crippen LogP contribution in [0, 0.1) is 17.1 Å². The van der Waals surface area contributed by atoms with Gasteiger partial charge in [-0.3, -0.25) is 4.79 Å². The van der Waals surface area contributed by atoms with Crippen molar-refractivity contribution in [1.82, 2.24) is 0 Å². The fraction of sp³-hybridized carbons (Fsp3) is 0.333. The predicted octanol–water partition coefficient (Wildman–Crippen LogP) is 3.23. The van der Waals surface area contributed by atoms with Crippen LogP contribution in [0.25, 0.3) is 0 Å². The zero-order valence-corrected chi connectivity index (χ0v) is 10.8. The van der Waals surface area contributed by atoms with E-state index in [-0.39, 0.29) is 18.4 Å². The first-order valence-electron chi connectivity index (χ1n) is 4.98. The molecule has 3 nitrogen and oxygen atoms in total. The van der Waals surface area contributed by atoms with Crippen molar-refractivity contribution >= 4 is 21.9 Å². The summed E-state index contributed by atoms with van der Waals surface area (Å²) >= 11 is 3.16. The van der Waals surface area contributed by atoms with Crippen LogP contribution in [0.2, 0.25) is 0 Å². The van der Waals surface area contributed by atoms with Gasteiger partial charge in [-0.25, -0.2) is 4.39 Å². The third-order valence-electron chi connectivity index (χ3n) is 2.72. The molecule has 1 aromatic rings. The number of nitrogens with zero attached hydrogens (tertiary/aromatic N) is 1. The summed E-state index contributed by atoms with van der Waals surface area (Å²) in [6, 6.07) is 6.19. The van der Waals surface area contributed by atoms with Gasteiger partial charge in [0.05, 0.1) is 11.5 Å². The average molecular weight is 300 g/mol. The van der Waals surface area contributed by atoms with Crippen LogP contribution < -0.4 is 0 Å². The highest BCUT2D eigenvalue weighted by Crippen LogP contribution is 2.36. The van der Waals surface area contributed by atoms with Gasteiger partial charge in [0.15, 0.2) is 0 Å². The first kappa shape index (κ1) is 13.7. The minimum atomic E-state index is -1.40. The Labute approximate surface area is 107 Å². The smallest absolute Gasteiger partial charge is 0.314 e. The molecule has 0 aliphatic heterocycles. The summed E-state index contributed by atoms with van der Waals surface area (Å²) in [5.74, 6) is -1.72. The van der Waals surface area contributed by atoms with E-state index in [0.29, 0.717) is 4.47 Å². The molecule has 1 rings (SSSR count). The van der Waals surface area contributed by atoms with Gasteiger partial charge in [-0.05, 0) is 25.5 Å². The Balaban J connectivity index is 3.33. The van der Waals surface area contributed by atoms with Crippen molar-refractivity contribution in [1.29, 1.82) is 5.26 Å². The maximum atomic E-state index is 13.8. The molecule has 5 heteroatoms. The first-order chi connectivity index (χ1) is 7.93. The highest BCUT2D eigenvalue weighted by Gasteiger charge is 2.38. The maximum absolute atomic E-state index is 13.8. The lowest BCUT2D eigenvalue weighted by Crippen LogP contribution is -2.33. The maximum Gasteiger partial charge on any atom is 0.314 e. The van der Waals surface area contributed by atoms with Gasteiger partial charge in [0.1, 0.15) is 5.82 Å². The average Bonchev–Trinajstić information content (AvgIpc) is 2.25. The lowest BCUT2D eigenvalue weighted by Gasteiger charge is -2.25. The fourth-order valence-electron chi connectivity index (χ4n) is 1.67. The Bertz CT molecular complexity index is 464. The number of aliphatic carboxylic acids is 1. The Morgan fingerprint density at radius 1 is 1.65 bits per heavy atom. The molecule has 1 N–H and O–H groups in total. The Hall–Kier alpha value is -1.41. The summed E-state index contributed by atoms with van der Waals surface area (Å²) < 4.78 is 14.2. The van der Waals surface area contributed by atoms with E-state index in [1.807, 2.05) is 6.07 Å². The molecule has 0 aliphatic rings. The zero-order chi connectivity index (χ0) is 13.1. The molecule has 0 bridgehead atoms. The third-order valence-corrected chi connectivity index (χ3v) is 3.38. The molecule has 0 heterocycles. The molecule has 0 amide bonds. The van der Waals surface area contributed by atoms with Crippen LogP contribution in [0.1, 0.15) is 25.3 Å². The van der Waals surface area contributed by atoms with Gasteiger partial charge < -0.3 is 5.11 Å². The highest BCUT2D eigenvalue weighted by atomic mass is 79.9. The number of carboxylic acid groups (broad SMARTS) is 1. The highest BCUT2D eigenvalue weighted by molar-refractivity contribution is 9.10. The van der Waals surface area contributed by atoms with Gasteiger partial charge in [-0.1, -0.05) is 22.0 Å². The largest absolute Gasteiger partial charge is 0.481 e. The monoisotopic (exact) mass is 299 g/mol. The second-order valence-corrected chi connectivity index (χ2v) is 4.75. The van der Waals surface area contributed by atoms with Gasteiger partial charge in [-0.15, -0.1) is 0 Å². The van der Waals surface area contributed by atoms with Crippen molar-refractivity contribution in [3.63, 3.8) is 0 Å². The van der Waals surface area contributed by atoms with Crippen LogP contribution in [-0.2, 0) is 10.2 Å². The van der Waals surface area contributed by atoms with Crippen molar-refractivity contribution in [2.75, 3.05) is 0 Å².